The van der Waals surface area contributed by atoms with Gasteiger partial charge >= 0.3 is 5.97 Å². The Morgan fingerprint density at radius 2 is 2.40 bits per heavy atom. The number of aliphatic hydroxyl groups is 1. The predicted octanol–water partition coefficient (Wildman–Crippen LogP) is 1.03. The van der Waals surface area contributed by atoms with Gasteiger partial charge in [0.2, 0.25) is 0 Å². The molecule has 0 amide bonds. The van der Waals surface area contributed by atoms with Crippen molar-refractivity contribution in [2.75, 3.05) is 13.1 Å². The second kappa shape index (κ2) is 5.38. The fourth-order valence-corrected chi connectivity index (χ4v) is 1.44. The van der Waals surface area contributed by atoms with E-state index in [2.05, 4.69) is 16.8 Å². The molecule has 0 aliphatic carbocycles. The summed E-state index contributed by atoms with van der Waals surface area (Å²) in [6.07, 6.45) is 4.53. The number of aliphatic hydroxyl groups excluding tert-OH is 1. The van der Waals surface area contributed by atoms with Crippen LogP contribution in [-0.2, 0) is 4.79 Å². The zero-order chi connectivity index (χ0) is 11.3. The van der Waals surface area contributed by atoms with Gasteiger partial charge in [-0.15, -0.1) is 0 Å². The van der Waals surface area contributed by atoms with E-state index < -0.39 is 11.7 Å². The van der Waals surface area contributed by atoms with Crippen LogP contribution < -0.4 is 0 Å². The summed E-state index contributed by atoms with van der Waals surface area (Å²) in [5.74, 6) is -1.84. The van der Waals surface area contributed by atoms with Crippen molar-refractivity contribution in [2.24, 2.45) is 4.99 Å². The van der Waals surface area contributed by atoms with Crippen molar-refractivity contribution < 1.29 is 15.0 Å². The number of carboxylic acid groups (broad SMARTS) is 1. The molecular weight excluding hydrogens is 196 g/mol. The molecule has 0 bridgehead atoms. The fraction of sp³-hybridized carbons (Fsp3) is 0.600. The molecule has 1 aliphatic rings. The molecule has 2 N–H and O–H groups in total. The molecular formula is C10H16N2O3. The fourth-order valence-electron chi connectivity index (χ4n) is 1.44. The number of hydrogen-bond donors (Lipinski definition) is 2. The molecule has 0 aromatic carbocycles. The summed E-state index contributed by atoms with van der Waals surface area (Å²) in [6.45, 7) is 3.82. The van der Waals surface area contributed by atoms with Crippen LogP contribution in [0.15, 0.2) is 16.8 Å². The lowest BCUT2D eigenvalue weighted by molar-refractivity contribution is -0.135. The first-order valence-electron chi connectivity index (χ1n) is 4.99. The standard InChI is InChI=1S/C10H16N2O3/c1-8(12-6-5-11-7-12)3-2-4-9(13)10(14)15/h4,7-8,13H,2-3,5-6H2,1H3,(H,14,15). The van der Waals surface area contributed by atoms with E-state index in [1.807, 2.05) is 6.34 Å². The van der Waals surface area contributed by atoms with Crippen molar-refractivity contribution in [3.63, 3.8) is 0 Å². The number of allylic oxidation sites excluding steroid dienone is 1. The first-order valence-corrected chi connectivity index (χ1v) is 4.99. The van der Waals surface area contributed by atoms with Crippen LogP contribution in [0.1, 0.15) is 19.8 Å². The topological polar surface area (TPSA) is 73.1 Å². The summed E-state index contributed by atoms with van der Waals surface area (Å²) in [5, 5.41) is 17.3. The molecule has 1 rings (SSSR count). The zero-order valence-electron chi connectivity index (χ0n) is 8.76. The molecule has 0 aromatic heterocycles. The van der Waals surface area contributed by atoms with Gasteiger partial charge in [-0.1, -0.05) is 0 Å². The third kappa shape index (κ3) is 3.61. The lowest BCUT2D eigenvalue weighted by atomic mass is 10.1. The van der Waals surface area contributed by atoms with Crippen molar-refractivity contribution in [1.82, 2.24) is 4.90 Å². The molecule has 1 atom stereocenters. The SMILES string of the molecule is CC(CCC=C(O)C(=O)O)N1C=NCC1. The van der Waals surface area contributed by atoms with Crippen LogP contribution in [0.5, 0.6) is 0 Å². The molecule has 5 nitrogen and oxygen atoms in total. The predicted molar refractivity (Wildman–Crippen MR) is 57.1 cm³/mol. The zero-order valence-corrected chi connectivity index (χ0v) is 8.76. The summed E-state index contributed by atoms with van der Waals surface area (Å²) in [6, 6.07) is 0.328. The summed E-state index contributed by atoms with van der Waals surface area (Å²) < 4.78 is 0. The Labute approximate surface area is 88.7 Å². The van der Waals surface area contributed by atoms with Gasteiger partial charge < -0.3 is 15.1 Å². The Morgan fingerprint density at radius 1 is 1.67 bits per heavy atom. The van der Waals surface area contributed by atoms with E-state index in [-0.39, 0.29) is 0 Å². The quantitative estimate of drug-likeness (QED) is 0.527. The second-order valence-electron chi connectivity index (χ2n) is 3.58. The van der Waals surface area contributed by atoms with Gasteiger partial charge in [0.1, 0.15) is 0 Å². The smallest absolute Gasteiger partial charge is 0.370 e. The molecule has 0 fully saturated rings. The Kier molecular flexibility index (Phi) is 4.15. The molecule has 0 aromatic rings. The van der Waals surface area contributed by atoms with Gasteiger partial charge in [-0.2, -0.15) is 0 Å². The Bertz CT molecular complexity index is 286. The molecule has 5 heteroatoms. The number of aliphatic imine (C=N–C) groups is 1. The number of rotatable bonds is 5. The number of carbonyl (C=O) groups is 1. The Balaban J connectivity index is 2.27. The average molecular weight is 212 g/mol. The highest BCUT2D eigenvalue weighted by atomic mass is 16.4. The second-order valence-corrected chi connectivity index (χ2v) is 3.58. The summed E-state index contributed by atoms with van der Waals surface area (Å²) in [4.78, 5) is 16.5. The maximum atomic E-state index is 10.3. The highest BCUT2D eigenvalue weighted by Gasteiger charge is 2.12. The normalized spacial score (nSPS) is 18.2. The van der Waals surface area contributed by atoms with Crippen LogP contribution in [0, 0.1) is 0 Å². The molecule has 1 heterocycles. The van der Waals surface area contributed by atoms with Crippen molar-refractivity contribution in [3.05, 3.63) is 11.8 Å². The third-order valence-corrected chi connectivity index (χ3v) is 2.42. The summed E-state index contributed by atoms with van der Waals surface area (Å²) >= 11 is 0. The van der Waals surface area contributed by atoms with Crippen LogP contribution in [-0.4, -0.2) is 46.6 Å². The van der Waals surface area contributed by atoms with E-state index in [0.717, 1.165) is 19.5 Å². The van der Waals surface area contributed by atoms with Gasteiger partial charge in [-0.25, -0.2) is 4.79 Å². The highest BCUT2D eigenvalue weighted by molar-refractivity contribution is 5.83. The van der Waals surface area contributed by atoms with Crippen molar-refractivity contribution in [2.45, 2.75) is 25.8 Å². The van der Waals surface area contributed by atoms with Gasteiger partial charge in [0, 0.05) is 12.6 Å². The van der Waals surface area contributed by atoms with Gasteiger partial charge in [0.25, 0.3) is 0 Å². The maximum absolute atomic E-state index is 10.3. The molecule has 0 saturated carbocycles. The van der Waals surface area contributed by atoms with Crippen molar-refractivity contribution >= 4 is 12.3 Å². The maximum Gasteiger partial charge on any atom is 0.370 e. The largest absolute Gasteiger partial charge is 0.502 e. The lowest BCUT2D eigenvalue weighted by Gasteiger charge is -2.22. The van der Waals surface area contributed by atoms with Crippen LogP contribution in [0.2, 0.25) is 0 Å². The summed E-state index contributed by atoms with van der Waals surface area (Å²) in [7, 11) is 0. The minimum absolute atomic E-state index is 0.328. The monoisotopic (exact) mass is 212 g/mol. The first-order chi connectivity index (χ1) is 7.11. The molecule has 84 valence electrons. The third-order valence-electron chi connectivity index (χ3n) is 2.42. The lowest BCUT2D eigenvalue weighted by Crippen LogP contribution is -2.29. The van der Waals surface area contributed by atoms with E-state index in [9.17, 15) is 4.79 Å². The Hall–Kier alpha value is -1.52. The van der Waals surface area contributed by atoms with Crippen LogP contribution in [0.3, 0.4) is 0 Å². The van der Waals surface area contributed by atoms with Gasteiger partial charge in [0.15, 0.2) is 5.76 Å². The first kappa shape index (κ1) is 11.6. The molecule has 1 aliphatic heterocycles. The number of aliphatic carboxylic acids is 1. The number of hydrogen-bond acceptors (Lipinski definition) is 4. The molecule has 15 heavy (non-hydrogen) atoms. The van der Waals surface area contributed by atoms with Crippen LogP contribution in [0.4, 0.5) is 0 Å². The van der Waals surface area contributed by atoms with Crippen LogP contribution in [0.25, 0.3) is 0 Å². The highest BCUT2D eigenvalue weighted by Crippen LogP contribution is 2.08. The van der Waals surface area contributed by atoms with Crippen LogP contribution >= 0.6 is 0 Å². The minimum atomic E-state index is -1.27. The van der Waals surface area contributed by atoms with Gasteiger partial charge in [-0.05, 0) is 25.8 Å². The number of nitrogens with zero attached hydrogens (tertiary/aromatic N) is 2. The summed E-state index contributed by atoms with van der Waals surface area (Å²) in [5.41, 5.74) is 0. The molecule has 1 unspecified atom stereocenters. The van der Waals surface area contributed by atoms with E-state index >= 15 is 0 Å². The molecule has 0 spiro atoms. The molecule has 0 saturated heterocycles. The van der Waals surface area contributed by atoms with Crippen molar-refractivity contribution in [3.8, 4) is 0 Å². The van der Waals surface area contributed by atoms with Gasteiger partial charge in [0.05, 0.1) is 12.9 Å². The molecule has 0 radical (unpaired) electrons. The Morgan fingerprint density at radius 3 is 2.93 bits per heavy atom. The number of carboxylic acids is 1. The van der Waals surface area contributed by atoms with E-state index in [4.69, 9.17) is 10.2 Å². The average Bonchev–Trinajstić information content (AvgIpc) is 2.70. The van der Waals surface area contributed by atoms with E-state index in [1.165, 1.54) is 6.08 Å². The van der Waals surface area contributed by atoms with E-state index in [1.54, 1.807) is 0 Å². The van der Waals surface area contributed by atoms with Crippen molar-refractivity contribution in [1.29, 1.82) is 0 Å². The van der Waals surface area contributed by atoms with E-state index in [0.29, 0.717) is 12.5 Å². The van der Waals surface area contributed by atoms with Gasteiger partial charge in [-0.3, -0.25) is 4.99 Å². The minimum Gasteiger partial charge on any atom is -0.502 e.